The third-order valence-electron chi connectivity index (χ3n) is 5.57. The molecule has 0 spiro atoms. The number of hydrogen-bond donors (Lipinski definition) is 0. The summed E-state index contributed by atoms with van der Waals surface area (Å²) < 4.78 is 10.7. The molecule has 0 aromatic heterocycles. The first kappa shape index (κ1) is 18.9. The van der Waals surface area contributed by atoms with E-state index in [0.717, 1.165) is 11.1 Å². The standard InChI is InChI=1S/C25H22O4/c1-28-19-9-5-7-17(13-19)15-25(16-18-8-6-10-20(14-18)29-2)23(26)21-11-3-4-12-22(21)24(25)27/h3-14H,15-16H2,1-2H3. The molecular weight excluding hydrogens is 364 g/mol. The summed E-state index contributed by atoms with van der Waals surface area (Å²) in [6.07, 6.45) is 0.627. The van der Waals surface area contributed by atoms with E-state index in [1.165, 1.54) is 0 Å². The van der Waals surface area contributed by atoms with Gasteiger partial charge in [0, 0.05) is 11.1 Å². The van der Waals surface area contributed by atoms with Crippen molar-refractivity contribution in [3.63, 3.8) is 0 Å². The molecule has 0 saturated carbocycles. The molecular formula is C25H22O4. The molecule has 0 unspecified atom stereocenters. The highest BCUT2D eigenvalue weighted by molar-refractivity contribution is 6.29. The number of Topliss-reactive ketones (excluding diaryl/α,β-unsaturated/α-hetero) is 2. The van der Waals surface area contributed by atoms with Crippen molar-refractivity contribution < 1.29 is 19.1 Å². The van der Waals surface area contributed by atoms with E-state index in [1.54, 1.807) is 38.5 Å². The lowest BCUT2D eigenvalue weighted by Gasteiger charge is -2.26. The van der Waals surface area contributed by atoms with Crippen molar-refractivity contribution in [1.82, 2.24) is 0 Å². The molecule has 4 nitrogen and oxygen atoms in total. The van der Waals surface area contributed by atoms with Crippen molar-refractivity contribution >= 4 is 11.6 Å². The second kappa shape index (κ2) is 7.55. The molecule has 1 aliphatic carbocycles. The lowest BCUT2D eigenvalue weighted by molar-refractivity contribution is 0.0694. The third-order valence-corrected chi connectivity index (χ3v) is 5.57. The van der Waals surface area contributed by atoms with Crippen LogP contribution in [0.5, 0.6) is 11.5 Å². The minimum atomic E-state index is -1.18. The van der Waals surface area contributed by atoms with E-state index in [2.05, 4.69) is 0 Å². The van der Waals surface area contributed by atoms with Crippen LogP contribution < -0.4 is 9.47 Å². The van der Waals surface area contributed by atoms with E-state index in [1.807, 2.05) is 48.5 Å². The molecule has 1 aliphatic rings. The smallest absolute Gasteiger partial charge is 0.178 e. The molecule has 0 aliphatic heterocycles. The molecule has 29 heavy (non-hydrogen) atoms. The monoisotopic (exact) mass is 386 g/mol. The SMILES string of the molecule is COc1cccc(CC2(Cc3cccc(OC)c3)C(=O)c3ccccc3C2=O)c1. The largest absolute Gasteiger partial charge is 0.497 e. The van der Waals surface area contributed by atoms with E-state index in [0.29, 0.717) is 35.5 Å². The Balaban J connectivity index is 1.81. The zero-order chi connectivity index (χ0) is 20.4. The summed E-state index contributed by atoms with van der Waals surface area (Å²) in [5.74, 6) is 1.16. The van der Waals surface area contributed by atoms with E-state index in [9.17, 15) is 9.59 Å². The van der Waals surface area contributed by atoms with Crippen LogP contribution >= 0.6 is 0 Å². The molecule has 146 valence electrons. The lowest BCUT2D eigenvalue weighted by Crippen LogP contribution is -2.38. The van der Waals surface area contributed by atoms with Gasteiger partial charge in [-0.15, -0.1) is 0 Å². The molecule has 0 heterocycles. The van der Waals surface area contributed by atoms with Crippen LogP contribution in [0.2, 0.25) is 0 Å². The molecule has 4 heteroatoms. The van der Waals surface area contributed by atoms with E-state index in [4.69, 9.17) is 9.47 Å². The fraction of sp³-hybridized carbons (Fsp3) is 0.200. The van der Waals surface area contributed by atoms with E-state index >= 15 is 0 Å². The van der Waals surface area contributed by atoms with Crippen molar-refractivity contribution in [3.05, 3.63) is 95.1 Å². The molecule has 0 fully saturated rings. The summed E-state index contributed by atoms with van der Waals surface area (Å²) in [6.45, 7) is 0. The predicted octanol–water partition coefficient (Wildman–Crippen LogP) is 4.55. The maximum atomic E-state index is 13.6. The molecule has 3 aromatic carbocycles. The Kier molecular flexibility index (Phi) is 4.93. The van der Waals surface area contributed by atoms with Gasteiger partial charge in [0.15, 0.2) is 11.6 Å². The van der Waals surface area contributed by atoms with Crippen molar-refractivity contribution in [2.75, 3.05) is 14.2 Å². The van der Waals surface area contributed by atoms with Crippen LogP contribution in [-0.4, -0.2) is 25.8 Å². The summed E-state index contributed by atoms with van der Waals surface area (Å²) in [6, 6.07) is 22.2. The number of methoxy groups -OCH3 is 2. The average molecular weight is 386 g/mol. The zero-order valence-electron chi connectivity index (χ0n) is 16.5. The van der Waals surface area contributed by atoms with Crippen molar-refractivity contribution in [3.8, 4) is 11.5 Å². The van der Waals surface area contributed by atoms with Gasteiger partial charge in [-0.2, -0.15) is 0 Å². The molecule has 0 amide bonds. The minimum Gasteiger partial charge on any atom is -0.497 e. The summed E-state index contributed by atoms with van der Waals surface area (Å²) in [7, 11) is 3.21. The second-order valence-electron chi connectivity index (χ2n) is 7.34. The highest BCUT2D eigenvalue weighted by Crippen LogP contribution is 2.42. The first-order valence-electron chi connectivity index (χ1n) is 9.52. The van der Waals surface area contributed by atoms with Crippen LogP contribution in [-0.2, 0) is 12.8 Å². The number of ether oxygens (including phenoxy) is 2. The van der Waals surface area contributed by atoms with Gasteiger partial charge < -0.3 is 9.47 Å². The number of hydrogen-bond acceptors (Lipinski definition) is 4. The van der Waals surface area contributed by atoms with Gasteiger partial charge in [-0.05, 0) is 48.2 Å². The van der Waals surface area contributed by atoms with Crippen LogP contribution in [0.4, 0.5) is 0 Å². The fourth-order valence-corrected chi connectivity index (χ4v) is 4.14. The van der Waals surface area contributed by atoms with Gasteiger partial charge in [0.05, 0.1) is 14.2 Å². The van der Waals surface area contributed by atoms with Gasteiger partial charge in [-0.3, -0.25) is 9.59 Å². The number of ketones is 2. The van der Waals surface area contributed by atoms with Crippen molar-refractivity contribution in [2.45, 2.75) is 12.8 Å². The highest BCUT2D eigenvalue weighted by atomic mass is 16.5. The highest BCUT2D eigenvalue weighted by Gasteiger charge is 2.52. The Morgan fingerprint density at radius 2 is 1.10 bits per heavy atom. The molecule has 0 bridgehead atoms. The maximum Gasteiger partial charge on any atom is 0.178 e. The zero-order valence-corrected chi connectivity index (χ0v) is 16.5. The molecule has 0 saturated heterocycles. The Bertz CT molecular complexity index is 997. The Hall–Kier alpha value is -3.40. The summed E-state index contributed by atoms with van der Waals surface area (Å²) in [5.41, 5.74) is 1.61. The first-order valence-corrected chi connectivity index (χ1v) is 9.52. The minimum absolute atomic E-state index is 0.122. The second-order valence-corrected chi connectivity index (χ2v) is 7.34. The quantitative estimate of drug-likeness (QED) is 0.583. The number of fused-ring (bicyclic) bond motifs is 1. The Morgan fingerprint density at radius 1 is 0.655 bits per heavy atom. The third kappa shape index (κ3) is 3.31. The molecule has 0 radical (unpaired) electrons. The summed E-state index contributed by atoms with van der Waals surface area (Å²) >= 11 is 0. The summed E-state index contributed by atoms with van der Waals surface area (Å²) in [4.78, 5) is 27.1. The van der Waals surface area contributed by atoms with Crippen LogP contribution in [0.15, 0.2) is 72.8 Å². The number of carbonyl (C=O) groups excluding carboxylic acids is 2. The van der Waals surface area contributed by atoms with E-state index < -0.39 is 5.41 Å². The van der Waals surface area contributed by atoms with Crippen LogP contribution in [0, 0.1) is 5.41 Å². The van der Waals surface area contributed by atoms with Gasteiger partial charge in [0.1, 0.15) is 16.9 Å². The molecule has 3 aromatic rings. The first-order chi connectivity index (χ1) is 14.1. The van der Waals surface area contributed by atoms with Gasteiger partial charge in [0.2, 0.25) is 0 Å². The van der Waals surface area contributed by atoms with Gasteiger partial charge in [-0.1, -0.05) is 48.5 Å². The van der Waals surface area contributed by atoms with Crippen LogP contribution in [0.25, 0.3) is 0 Å². The maximum absolute atomic E-state index is 13.6. The van der Waals surface area contributed by atoms with Crippen molar-refractivity contribution in [2.24, 2.45) is 5.41 Å². The fourth-order valence-electron chi connectivity index (χ4n) is 4.14. The topological polar surface area (TPSA) is 52.6 Å². The Labute approximate surface area is 170 Å². The lowest BCUT2D eigenvalue weighted by atomic mass is 9.72. The van der Waals surface area contributed by atoms with Gasteiger partial charge in [0.25, 0.3) is 0 Å². The number of rotatable bonds is 6. The van der Waals surface area contributed by atoms with E-state index in [-0.39, 0.29) is 11.6 Å². The summed E-state index contributed by atoms with van der Waals surface area (Å²) in [5, 5.41) is 0. The van der Waals surface area contributed by atoms with Crippen LogP contribution in [0.3, 0.4) is 0 Å². The predicted molar refractivity (Wildman–Crippen MR) is 111 cm³/mol. The molecule has 0 N–H and O–H groups in total. The van der Waals surface area contributed by atoms with Gasteiger partial charge >= 0.3 is 0 Å². The number of benzene rings is 3. The van der Waals surface area contributed by atoms with Crippen LogP contribution in [0.1, 0.15) is 31.8 Å². The average Bonchev–Trinajstić information content (AvgIpc) is 2.96. The van der Waals surface area contributed by atoms with Gasteiger partial charge in [-0.25, -0.2) is 0 Å². The normalized spacial score (nSPS) is 14.6. The molecule has 4 rings (SSSR count). The number of carbonyl (C=O) groups is 2. The Morgan fingerprint density at radius 3 is 1.52 bits per heavy atom. The molecule has 0 atom stereocenters. The van der Waals surface area contributed by atoms with Crippen molar-refractivity contribution in [1.29, 1.82) is 0 Å².